The number of para-hydroxylation sites is 1. The monoisotopic (exact) mass is 334 g/mol. The SMILES string of the molecule is COc1ccc(NC(=Nc2ccccc2)NN)cc1Br. The summed E-state index contributed by atoms with van der Waals surface area (Å²) in [5.41, 5.74) is 4.18. The molecule has 0 spiro atoms. The molecule has 104 valence electrons. The second-order valence-corrected chi connectivity index (χ2v) is 4.77. The molecule has 0 aliphatic rings. The highest BCUT2D eigenvalue weighted by Gasteiger charge is 2.03. The molecule has 6 heteroatoms. The molecule has 0 bridgehead atoms. The largest absolute Gasteiger partial charge is 0.496 e. The van der Waals surface area contributed by atoms with E-state index < -0.39 is 0 Å². The van der Waals surface area contributed by atoms with Gasteiger partial charge in [-0.15, -0.1) is 0 Å². The second-order valence-electron chi connectivity index (χ2n) is 3.91. The van der Waals surface area contributed by atoms with E-state index in [1.807, 2.05) is 48.5 Å². The first kappa shape index (κ1) is 14.4. The van der Waals surface area contributed by atoms with E-state index in [-0.39, 0.29) is 0 Å². The van der Waals surface area contributed by atoms with Crippen LogP contribution in [0.25, 0.3) is 0 Å². The Bertz CT molecular complexity index is 601. The van der Waals surface area contributed by atoms with Gasteiger partial charge in [0.25, 0.3) is 0 Å². The molecule has 5 nitrogen and oxygen atoms in total. The first-order valence-electron chi connectivity index (χ1n) is 5.94. The Morgan fingerprint density at radius 3 is 2.55 bits per heavy atom. The van der Waals surface area contributed by atoms with Gasteiger partial charge in [-0.2, -0.15) is 0 Å². The molecule has 0 saturated carbocycles. The zero-order chi connectivity index (χ0) is 14.4. The number of hydrogen-bond donors (Lipinski definition) is 3. The van der Waals surface area contributed by atoms with Crippen molar-refractivity contribution in [3.8, 4) is 5.75 Å². The number of aliphatic imine (C=N–C) groups is 1. The van der Waals surface area contributed by atoms with Gasteiger partial charge in [0.1, 0.15) is 5.75 Å². The molecule has 0 saturated heterocycles. The number of nitrogens with two attached hydrogens (primary N) is 1. The van der Waals surface area contributed by atoms with Crippen LogP contribution in [-0.2, 0) is 0 Å². The Morgan fingerprint density at radius 2 is 1.95 bits per heavy atom. The van der Waals surface area contributed by atoms with Crippen molar-refractivity contribution in [2.45, 2.75) is 0 Å². The van der Waals surface area contributed by atoms with Crippen molar-refractivity contribution in [3.63, 3.8) is 0 Å². The van der Waals surface area contributed by atoms with E-state index in [0.29, 0.717) is 5.96 Å². The molecule has 0 heterocycles. The van der Waals surface area contributed by atoms with Crippen molar-refractivity contribution in [3.05, 3.63) is 53.0 Å². The summed E-state index contributed by atoms with van der Waals surface area (Å²) in [6, 6.07) is 15.2. The van der Waals surface area contributed by atoms with Gasteiger partial charge >= 0.3 is 0 Å². The topological polar surface area (TPSA) is 71.7 Å². The molecule has 0 atom stereocenters. The quantitative estimate of drug-likeness (QED) is 0.349. The van der Waals surface area contributed by atoms with Crippen LogP contribution in [0.1, 0.15) is 0 Å². The number of hydrogen-bond acceptors (Lipinski definition) is 3. The predicted molar refractivity (Wildman–Crippen MR) is 85.2 cm³/mol. The van der Waals surface area contributed by atoms with Crippen molar-refractivity contribution < 1.29 is 4.74 Å². The van der Waals surface area contributed by atoms with E-state index in [9.17, 15) is 0 Å². The maximum Gasteiger partial charge on any atom is 0.215 e. The number of ether oxygens (including phenoxy) is 1. The summed E-state index contributed by atoms with van der Waals surface area (Å²) in [7, 11) is 1.62. The van der Waals surface area contributed by atoms with Crippen LogP contribution in [0.5, 0.6) is 5.75 Å². The van der Waals surface area contributed by atoms with Crippen molar-refractivity contribution >= 4 is 33.3 Å². The summed E-state index contributed by atoms with van der Waals surface area (Å²) in [6.45, 7) is 0. The van der Waals surface area contributed by atoms with Gasteiger partial charge in [-0.3, -0.25) is 5.43 Å². The third-order valence-electron chi connectivity index (χ3n) is 2.55. The zero-order valence-electron chi connectivity index (χ0n) is 10.9. The first-order chi connectivity index (χ1) is 9.72. The smallest absolute Gasteiger partial charge is 0.215 e. The molecule has 4 N–H and O–H groups in total. The molecule has 2 rings (SSSR count). The number of halogens is 1. The van der Waals surface area contributed by atoms with Crippen LogP contribution >= 0.6 is 15.9 Å². The van der Waals surface area contributed by atoms with Crippen LogP contribution in [0, 0.1) is 0 Å². The van der Waals surface area contributed by atoms with Crippen LogP contribution < -0.4 is 21.3 Å². The summed E-state index contributed by atoms with van der Waals surface area (Å²) < 4.78 is 6.03. The summed E-state index contributed by atoms with van der Waals surface area (Å²) in [5.74, 6) is 6.70. The van der Waals surface area contributed by atoms with Gasteiger partial charge in [-0.25, -0.2) is 10.8 Å². The standard InChI is InChI=1S/C14H15BrN4O/c1-20-13-8-7-11(9-12(13)15)18-14(19-16)17-10-5-3-2-4-6-10/h2-9H,16H2,1H3,(H2,17,18,19). The Kier molecular flexibility index (Phi) is 4.97. The predicted octanol–water partition coefficient (Wildman–Crippen LogP) is 3.02. The van der Waals surface area contributed by atoms with Gasteiger partial charge in [0.15, 0.2) is 0 Å². The molecule has 20 heavy (non-hydrogen) atoms. The highest BCUT2D eigenvalue weighted by Crippen LogP contribution is 2.27. The highest BCUT2D eigenvalue weighted by molar-refractivity contribution is 9.10. The lowest BCUT2D eigenvalue weighted by atomic mass is 10.3. The fourth-order valence-corrected chi connectivity index (χ4v) is 2.15. The van der Waals surface area contributed by atoms with Gasteiger partial charge in [0.2, 0.25) is 5.96 Å². The van der Waals surface area contributed by atoms with Crippen molar-refractivity contribution in [2.24, 2.45) is 10.8 Å². The average molecular weight is 335 g/mol. The lowest BCUT2D eigenvalue weighted by molar-refractivity contribution is 0.412. The minimum absolute atomic E-state index is 0.452. The third-order valence-corrected chi connectivity index (χ3v) is 3.17. The Morgan fingerprint density at radius 1 is 1.20 bits per heavy atom. The minimum Gasteiger partial charge on any atom is -0.496 e. The molecule has 2 aromatic rings. The molecular weight excluding hydrogens is 320 g/mol. The number of nitrogens with zero attached hydrogens (tertiary/aromatic N) is 1. The highest BCUT2D eigenvalue weighted by atomic mass is 79.9. The lowest BCUT2D eigenvalue weighted by Gasteiger charge is -2.11. The van der Waals surface area contributed by atoms with Crippen LogP contribution in [0.15, 0.2) is 58.0 Å². The normalized spacial score (nSPS) is 11.1. The average Bonchev–Trinajstić information content (AvgIpc) is 2.48. The summed E-state index contributed by atoms with van der Waals surface area (Å²) in [6.07, 6.45) is 0. The molecule has 0 fully saturated rings. The lowest BCUT2D eigenvalue weighted by Crippen LogP contribution is -2.35. The molecule has 0 amide bonds. The number of anilines is 1. The number of hydrazine groups is 1. The molecule has 2 aromatic carbocycles. The Hall–Kier alpha value is -2.05. The molecule has 0 radical (unpaired) electrons. The summed E-state index contributed by atoms with van der Waals surface area (Å²) in [5, 5.41) is 3.10. The number of rotatable bonds is 3. The van der Waals surface area contributed by atoms with E-state index in [0.717, 1.165) is 21.6 Å². The fourth-order valence-electron chi connectivity index (χ4n) is 1.61. The van der Waals surface area contributed by atoms with Crippen molar-refractivity contribution in [1.82, 2.24) is 5.43 Å². The van der Waals surface area contributed by atoms with Crippen LogP contribution in [0.3, 0.4) is 0 Å². The van der Waals surface area contributed by atoms with Crippen molar-refractivity contribution in [1.29, 1.82) is 0 Å². The van der Waals surface area contributed by atoms with E-state index in [4.69, 9.17) is 10.6 Å². The second kappa shape index (κ2) is 6.93. The maximum absolute atomic E-state index is 5.48. The Balaban J connectivity index is 2.18. The first-order valence-corrected chi connectivity index (χ1v) is 6.73. The summed E-state index contributed by atoms with van der Waals surface area (Å²) >= 11 is 3.43. The molecule has 0 aliphatic heterocycles. The zero-order valence-corrected chi connectivity index (χ0v) is 12.5. The van der Waals surface area contributed by atoms with Crippen LogP contribution in [-0.4, -0.2) is 13.1 Å². The number of nitrogens with one attached hydrogen (secondary N) is 2. The molecule has 0 unspecified atom stereocenters. The Labute approximate surface area is 126 Å². The third kappa shape index (κ3) is 3.72. The van der Waals surface area contributed by atoms with Gasteiger partial charge in [-0.05, 0) is 46.3 Å². The molecule has 0 aliphatic carbocycles. The van der Waals surface area contributed by atoms with Gasteiger partial charge in [0.05, 0.1) is 17.3 Å². The van der Waals surface area contributed by atoms with Crippen LogP contribution in [0.4, 0.5) is 11.4 Å². The number of methoxy groups -OCH3 is 1. The maximum atomic E-state index is 5.48. The van der Waals surface area contributed by atoms with Crippen molar-refractivity contribution in [2.75, 3.05) is 12.4 Å². The van der Waals surface area contributed by atoms with Gasteiger partial charge < -0.3 is 10.1 Å². The van der Waals surface area contributed by atoms with Gasteiger partial charge in [0, 0.05) is 5.69 Å². The van der Waals surface area contributed by atoms with Crippen LogP contribution in [0.2, 0.25) is 0 Å². The van der Waals surface area contributed by atoms with Gasteiger partial charge in [-0.1, -0.05) is 18.2 Å². The van der Waals surface area contributed by atoms with E-state index in [2.05, 4.69) is 31.7 Å². The van der Waals surface area contributed by atoms with E-state index >= 15 is 0 Å². The van der Waals surface area contributed by atoms with E-state index in [1.54, 1.807) is 7.11 Å². The molecular formula is C14H15BrN4O. The van der Waals surface area contributed by atoms with E-state index in [1.165, 1.54) is 0 Å². The molecule has 0 aromatic heterocycles. The number of benzene rings is 2. The minimum atomic E-state index is 0.452. The number of guanidine groups is 1. The fraction of sp³-hybridized carbons (Fsp3) is 0.0714. The summed E-state index contributed by atoms with van der Waals surface area (Å²) in [4.78, 5) is 4.37.